The molecule has 2 aromatic carbocycles. The average Bonchev–Trinajstić information content (AvgIpc) is 2.67. The summed E-state index contributed by atoms with van der Waals surface area (Å²) in [6.45, 7) is 8.56. The molecule has 0 aliphatic carbocycles. The number of aryl methyl sites for hydroxylation is 1. The van der Waals surface area contributed by atoms with E-state index in [0.717, 1.165) is 38.3 Å². The Morgan fingerprint density at radius 2 is 1.54 bits per heavy atom. The monoisotopic (exact) mass is 372 g/mol. The highest BCUT2D eigenvalue weighted by molar-refractivity contribution is 7.92. The zero-order valence-electron chi connectivity index (χ0n) is 15.6. The summed E-state index contributed by atoms with van der Waals surface area (Å²) in [5, 5.41) is -0.364. The van der Waals surface area contributed by atoms with E-state index in [-0.39, 0.29) is 5.25 Å². The van der Waals surface area contributed by atoms with Gasteiger partial charge in [-0.3, -0.25) is 4.90 Å². The lowest BCUT2D eigenvalue weighted by molar-refractivity contribution is 0.254. The Kier molecular flexibility index (Phi) is 5.99. The van der Waals surface area contributed by atoms with Crippen LogP contribution in [0.2, 0.25) is 0 Å². The van der Waals surface area contributed by atoms with Gasteiger partial charge >= 0.3 is 0 Å². The first-order valence-electron chi connectivity index (χ1n) is 9.30. The van der Waals surface area contributed by atoms with Gasteiger partial charge in [0.05, 0.1) is 10.1 Å². The third kappa shape index (κ3) is 4.46. The first kappa shape index (κ1) is 18.9. The maximum Gasteiger partial charge on any atom is 0.181 e. The van der Waals surface area contributed by atoms with Crippen LogP contribution in [0.3, 0.4) is 0 Å². The van der Waals surface area contributed by atoms with E-state index in [1.165, 1.54) is 5.69 Å². The smallest absolute Gasteiger partial charge is 0.181 e. The van der Waals surface area contributed by atoms with E-state index in [9.17, 15) is 8.42 Å². The number of anilines is 1. The minimum Gasteiger partial charge on any atom is -0.369 e. The molecule has 1 saturated heterocycles. The Morgan fingerprint density at radius 1 is 0.923 bits per heavy atom. The molecule has 3 rings (SSSR count). The Balaban J connectivity index is 1.51. The fraction of sp³-hybridized carbons (Fsp3) is 0.429. The summed E-state index contributed by atoms with van der Waals surface area (Å²) in [4.78, 5) is 5.20. The summed E-state index contributed by atoms with van der Waals surface area (Å²) in [6, 6.07) is 17.6. The molecule has 1 aliphatic heterocycles. The molecule has 1 unspecified atom stereocenters. The van der Waals surface area contributed by atoms with Crippen molar-refractivity contribution in [2.75, 3.05) is 37.6 Å². The van der Waals surface area contributed by atoms with E-state index in [1.807, 2.05) is 32.0 Å². The van der Waals surface area contributed by atoms with Crippen molar-refractivity contribution in [1.29, 1.82) is 0 Å². The summed E-state index contributed by atoms with van der Waals surface area (Å²) >= 11 is 0. The minimum absolute atomic E-state index is 0.364. The molecule has 0 saturated carbocycles. The largest absolute Gasteiger partial charge is 0.369 e. The molecule has 1 heterocycles. The standard InChI is InChI=1S/C21H28N2O2S/c1-18-8-10-21(11-9-18)26(24,25)19(2)12-13-22-14-16-23(17-15-22)20-6-4-3-5-7-20/h3-11,19H,12-17H2,1-2H3. The maximum absolute atomic E-state index is 12.7. The molecule has 1 fully saturated rings. The van der Waals surface area contributed by atoms with Crippen molar-refractivity contribution >= 4 is 15.5 Å². The molecule has 0 radical (unpaired) electrons. The van der Waals surface area contributed by atoms with Crippen molar-refractivity contribution in [3.05, 3.63) is 60.2 Å². The SMILES string of the molecule is Cc1ccc(S(=O)(=O)C(C)CCN2CCN(c3ccccc3)CC2)cc1. The van der Waals surface area contributed by atoms with Gasteiger partial charge in [-0.2, -0.15) is 0 Å². The molecule has 0 spiro atoms. The molecule has 4 nitrogen and oxygen atoms in total. The number of nitrogens with zero attached hydrogens (tertiary/aromatic N) is 2. The molecule has 0 amide bonds. The number of sulfone groups is 1. The van der Waals surface area contributed by atoms with Crippen LogP contribution in [0.5, 0.6) is 0 Å². The van der Waals surface area contributed by atoms with Crippen molar-refractivity contribution < 1.29 is 8.42 Å². The summed E-state index contributed by atoms with van der Waals surface area (Å²) < 4.78 is 25.5. The Bertz CT molecular complexity index is 796. The summed E-state index contributed by atoms with van der Waals surface area (Å²) in [5.41, 5.74) is 2.34. The van der Waals surface area contributed by atoms with Crippen LogP contribution in [0.25, 0.3) is 0 Å². The molecule has 1 aliphatic rings. The van der Waals surface area contributed by atoms with E-state index in [4.69, 9.17) is 0 Å². The van der Waals surface area contributed by atoms with Gasteiger partial charge in [0.1, 0.15) is 0 Å². The van der Waals surface area contributed by atoms with E-state index in [0.29, 0.717) is 11.3 Å². The molecule has 0 bridgehead atoms. The van der Waals surface area contributed by atoms with Crippen LogP contribution in [-0.2, 0) is 9.84 Å². The molecule has 2 aromatic rings. The fourth-order valence-electron chi connectivity index (χ4n) is 3.35. The summed E-state index contributed by atoms with van der Waals surface area (Å²) in [7, 11) is -3.25. The molecule has 0 N–H and O–H groups in total. The maximum atomic E-state index is 12.7. The van der Waals surface area contributed by atoms with E-state index >= 15 is 0 Å². The van der Waals surface area contributed by atoms with Gasteiger partial charge in [-0.05, 0) is 51.1 Å². The third-order valence-electron chi connectivity index (χ3n) is 5.22. The molecule has 140 valence electrons. The number of piperazine rings is 1. The Morgan fingerprint density at radius 3 is 2.15 bits per heavy atom. The van der Waals surface area contributed by atoms with Crippen molar-refractivity contribution in [2.24, 2.45) is 0 Å². The Hall–Kier alpha value is -1.85. The fourth-order valence-corrected chi connectivity index (χ4v) is 4.74. The van der Waals surface area contributed by atoms with Crippen LogP contribution in [0.15, 0.2) is 59.5 Å². The second-order valence-corrected chi connectivity index (χ2v) is 9.49. The zero-order chi connectivity index (χ0) is 18.6. The van der Waals surface area contributed by atoms with Crippen LogP contribution in [0.4, 0.5) is 5.69 Å². The Labute approximate surface area is 157 Å². The first-order chi connectivity index (χ1) is 12.5. The molecule has 5 heteroatoms. The van der Waals surface area contributed by atoms with Crippen LogP contribution in [-0.4, -0.2) is 51.3 Å². The lowest BCUT2D eigenvalue weighted by Crippen LogP contribution is -2.47. The lowest BCUT2D eigenvalue weighted by atomic mass is 10.2. The molecule has 0 aromatic heterocycles. The van der Waals surface area contributed by atoms with Crippen molar-refractivity contribution in [2.45, 2.75) is 30.4 Å². The lowest BCUT2D eigenvalue weighted by Gasteiger charge is -2.36. The number of rotatable bonds is 6. The summed E-state index contributed by atoms with van der Waals surface area (Å²) in [6.07, 6.45) is 0.668. The van der Waals surface area contributed by atoms with Gasteiger partial charge in [0.25, 0.3) is 0 Å². The van der Waals surface area contributed by atoms with Crippen molar-refractivity contribution in [3.8, 4) is 0 Å². The van der Waals surface area contributed by atoms with Gasteiger partial charge in [-0.15, -0.1) is 0 Å². The molecule has 1 atom stereocenters. The van der Waals surface area contributed by atoms with Crippen LogP contribution in [0.1, 0.15) is 18.9 Å². The predicted molar refractivity (Wildman–Crippen MR) is 108 cm³/mol. The van der Waals surface area contributed by atoms with E-state index < -0.39 is 9.84 Å². The van der Waals surface area contributed by atoms with Crippen LogP contribution < -0.4 is 4.90 Å². The second kappa shape index (κ2) is 8.23. The van der Waals surface area contributed by atoms with Gasteiger partial charge in [0, 0.05) is 31.9 Å². The van der Waals surface area contributed by atoms with Gasteiger partial charge in [-0.25, -0.2) is 8.42 Å². The third-order valence-corrected chi connectivity index (χ3v) is 7.45. The van der Waals surface area contributed by atoms with Crippen molar-refractivity contribution in [1.82, 2.24) is 4.90 Å². The minimum atomic E-state index is -3.25. The quantitative estimate of drug-likeness (QED) is 0.780. The normalized spacial score (nSPS) is 17.2. The molecule has 26 heavy (non-hydrogen) atoms. The second-order valence-electron chi connectivity index (χ2n) is 7.12. The predicted octanol–water partition coefficient (Wildman–Crippen LogP) is 3.37. The number of hydrogen-bond acceptors (Lipinski definition) is 4. The average molecular weight is 373 g/mol. The van der Waals surface area contributed by atoms with E-state index in [1.54, 1.807) is 12.1 Å². The zero-order valence-corrected chi connectivity index (χ0v) is 16.5. The van der Waals surface area contributed by atoms with Crippen molar-refractivity contribution in [3.63, 3.8) is 0 Å². The number of para-hydroxylation sites is 1. The highest BCUT2D eigenvalue weighted by Gasteiger charge is 2.24. The van der Waals surface area contributed by atoms with Gasteiger partial charge in [-0.1, -0.05) is 35.9 Å². The van der Waals surface area contributed by atoms with Gasteiger partial charge in [0.2, 0.25) is 0 Å². The molecular formula is C21H28N2O2S. The highest BCUT2D eigenvalue weighted by atomic mass is 32.2. The van der Waals surface area contributed by atoms with Gasteiger partial charge in [0.15, 0.2) is 9.84 Å². The number of hydrogen-bond donors (Lipinski definition) is 0. The van der Waals surface area contributed by atoms with Crippen LogP contribution >= 0.6 is 0 Å². The first-order valence-corrected chi connectivity index (χ1v) is 10.8. The highest BCUT2D eigenvalue weighted by Crippen LogP contribution is 2.20. The van der Waals surface area contributed by atoms with E-state index in [2.05, 4.69) is 34.1 Å². The molecular weight excluding hydrogens is 344 g/mol. The number of benzene rings is 2. The van der Waals surface area contributed by atoms with Crippen LogP contribution in [0, 0.1) is 6.92 Å². The van der Waals surface area contributed by atoms with Gasteiger partial charge < -0.3 is 4.90 Å². The topological polar surface area (TPSA) is 40.6 Å². The summed E-state index contributed by atoms with van der Waals surface area (Å²) in [5.74, 6) is 0.